The number of aromatic nitrogens is 6. The molecule has 0 spiro atoms. The molecule has 4 aromatic carbocycles. The van der Waals surface area contributed by atoms with Gasteiger partial charge >= 0.3 is 0 Å². The van der Waals surface area contributed by atoms with Crippen LogP contribution in [0.3, 0.4) is 0 Å². The molecule has 0 bridgehead atoms. The number of hydrogen-bond donors (Lipinski definition) is 4. The quantitative estimate of drug-likeness (QED) is 0.113. The van der Waals surface area contributed by atoms with Crippen molar-refractivity contribution in [3.63, 3.8) is 0 Å². The maximum absolute atomic E-state index is 12.6. The number of benzene rings is 4. The summed E-state index contributed by atoms with van der Waals surface area (Å²) in [6.45, 7) is 3.94. The third-order valence-electron chi connectivity index (χ3n) is 8.82. The molecule has 0 aliphatic carbocycles. The Hall–Kier alpha value is -6.44. The standard InChI is InChI=1S/2C20H14BrN5O2S/c1-12-17(21)11-23-20-18(12)24-19(25-20)14-4-6-15(7-5-14)26-29(27,28)16-8-2-13(10-22)3-9-16;1-12-17(21)11-23-20-18(12)24-19(25-20)14-5-7-15(8-6-14)26-29(27,28)16-4-2-3-13(9-16)10-22/h2*2-9,11,26H,1H3,(H,23,24,25). The van der Waals surface area contributed by atoms with E-state index in [1.54, 1.807) is 67.0 Å². The van der Waals surface area contributed by atoms with E-state index in [9.17, 15) is 16.8 Å². The van der Waals surface area contributed by atoms with E-state index in [0.717, 1.165) is 42.2 Å². The number of H-pyrrole nitrogens is 2. The second-order valence-corrected chi connectivity index (χ2v) is 17.7. The number of aryl methyl sites for hydroxylation is 2. The smallest absolute Gasteiger partial charge is 0.261 e. The first kappa shape index (κ1) is 39.8. The summed E-state index contributed by atoms with van der Waals surface area (Å²) in [4.78, 5) is 24.2. The third kappa shape index (κ3) is 8.46. The number of aromatic amines is 2. The Morgan fingerprint density at radius 3 is 1.48 bits per heavy atom. The molecule has 0 radical (unpaired) electrons. The van der Waals surface area contributed by atoms with Crippen molar-refractivity contribution in [2.45, 2.75) is 23.6 Å². The number of hydrogen-bond acceptors (Lipinski definition) is 10. The van der Waals surface area contributed by atoms with Crippen LogP contribution in [0.1, 0.15) is 22.3 Å². The first-order chi connectivity index (χ1) is 27.7. The molecule has 0 atom stereocenters. The van der Waals surface area contributed by atoms with Crippen LogP contribution in [0.5, 0.6) is 0 Å². The van der Waals surface area contributed by atoms with E-state index < -0.39 is 20.0 Å². The second kappa shape index (κ2) is 16.2. The normalized spacial score (nSPS) is 11.3. The van der Waals surface area contributed by atoms with Gasteiger partial charge in [0.2, 0.25) is 0 Å². The zero-order valence-electron chi connectivity index (χ0n) is 30.3. The van der Waals surface area contributed by atoms with Gasteiger partial charge in [-0.15, -0.1) is 0 Å². The van der Waals surface area contributed by atoms with Crippen LogP contribution in [0.25, 0.3) is 45.1 Å². The predicted octanol–water partition coefficient (Wildman–Crippen LogP) is 8.74. The summed E-state index contributed by atoms with van der Waals surface area (Å²) in [5.41, 5.74) is 8.06. The van der Waals surface area contributed by atoms with E-state index in [1.165, 1.54) is 42.5 Å². The third-order valence-corrected chi connectivity index (χ3v) is 13.2. The van der Waals surface area contributed by atoms with Crippen LogP contribution in [0, 0.1) is 36.5 Å². The first-order valence-corrected chi connectivity index (χ1v) is 21.6. The average Bonchev–Trinajstić information content (AvgIpc) is 3.88. The lowest BCUT2D eigenvalue weighted by Gasteiger charge is -2.08. The van der Waals surface area contributed by atoms with Gasteiger partial charge in [-0.05, 0) is 148 Å². The van der Waals surface area contributed by atoms with Gasteiger partial charge in [-0.3, -0.25) is 9.44 Å². The number of imidazole rings is 2. The molecule has 14 nitrogen and oxygen atoms in total. The molecular formula is C40H28Br2N10O4S2. The monoisotopic (exact) mass is 934 g/mol. The van der Waals surface area contributed by atoms with Gasteiger partial charge in [0, 0.05) is 43.8 Å². The molecule has 0 unspecified atom stereocenters. The van der Waals surface area contributed by atoms with Crippen LogP contribution in [0.4, 0.5) is 11.4 Å². The maximum Gasteiger partial charge on any atom is 0.261 e. The van der Waals surface area contributed by atoms with Gasteiger partial charge in [-0.2, -0.15) is 10.5 Å². The largest absolute Gasteiger partial charge is 0.336 e. The summed E-state index contributed by atoms with van der Waals surface area (Å²) in [6.07, 6.45) is 3.42. The molecule has 0 aliphatic heterocycles. The van der Waals surface area contributed by atoms with Crippen molar-refractivity contribution in [1.29, 1.82) is 10.5 Å². The molecule has 0 fully saturated rings. The zero-order valence-corrected chi connectivity index (χ0v) is 35.1. The number of sulfonamides is 2. The number of fused-ring (bicyclic) bond motifs is 2. The van der Waals surface area contributed by atoms with Crippen molar-refractivity contribution >= 4 is 85.6 Å². The summed E-state index contributed by atoms with van der Waals surface area (Å²) < 4.78 is 57.0. The van der Waals surface area contributed by atoms with Crippen molar-refractivity contribution in [2.75, 3.05) is 9.44 Å². The van der Waals surface area contributed by atoms with Crippen molar-refractivity contribution in [3.05, 3.63) is 141 Å². The fourth-order valence-electron chi connectivity index (χ4n) is 5.64. The summed E-state index contributed by atoms with van der Waals surface area (Å²) in [6, 6.07) is 29.2. The number of nitrogens with one attached hydrogen (secondary N) is 4. The fraction of sp³-hybridized carbons (Fsp3) is 0.0500. The van der Waals surface area contributed by atoms with Gasteiger partial charge in [-0.1, -0.05) is 6.07 Å². The van der Waals surface area contributed by atoms with Crippen LogP contribution in [0.15, 0.2) is 128 Å². The Kier molecular flexibility index (Phi) is 11.1. The molecule has 288 valence electrons. The maximum atomic E-state index is 12.6. The number of nitriles is 2. The second-order valence-electron chi connectivity index (χ2n) is 12.7. The number of pyridine rings is 2. The van der Waals surface area contributed by atoms with Gasteiger partial charge in [-0.25, -0.2) is 36.8 Å². The van der Waals surface area contributed by atoms with Gasteiger partial charge in [0.05, 0.1) is 44.1 Å². The molecule has 8 rings (SSSR count). The predicted molar refractivity (Wildman–Crippen MR) is 227 cm³/mol. The van der Waals surface area contributed by atoms with E-state index in [2.05, 4.69) is 71.2 Å². The molecule has 8 aromatic rings. The SMILES string of the molecule is Cc1c(Br)cnc2nc(-c3ccc(NS(=O)(=O)c4ccc(C#N)cc4)cc3)[nH]c12.Cc1c(Br)cnc2nc(-c3ccc(NS(=O)(=O)c4cccc(C#N)c4)cc3)[nH]c12. The van der Waals surface area contributed by atoms with Crippen molar-refractivity contribution in [2.24, 2.45) is 0 Å². The van der Waals surface area contributed by atoms with E-state index in [4.69, 9.17) is 10.5 Å². The summed E-state index contributed by atoms with van der Waals surface area (Å²) in [5, 5.41) is 17.8. The molecule has 58 heavy (non-hydrogen) atoms. The van der Waals surface area contributed by atoms with Gasteiger partial charge in [0.25, 0.3) is 20.0 Å². The Balaban J connectivity index is 0.000000177. The molecule has 4 heterocycles. The lowest BCUT2D eigenvalue weighted by atomic mass is 10.2. The lowest BCUT2D eigenvalue weighted by molar-refractivity contribution is 0.599. The van der Waals surface area contributed by atoms with Crippen LogP contribution in [0.2, 0.25) is 0 Å². The van der Waals surface area contributed by atoms with Crippen molar-refractivity contribution < 1.29 is 16.8 Å². The Labute approximate surface area is 349 Å². The van der Waals surface area contributed by atoms with Crippen LogP contribution in [-0.4, -0.2) is 46.7 Å². The summed E-state index contributed by atoms with van der Waals surface area (Å²) in [5.74, 6) is 1.29. The Morgan fingerprint density at radius 1 is 0.586 bits per heavy atom. The number of halogens is 2. The molecular weight excluding hydrogens is 908 g/mol. The van der Waals surface area contributed by atoms with E-state index in [1.807, 2.05) is 26.0 Å². The van der Waals surface area contributed by atoms with Gasteiger partial charge in [0.15, 0.2) is 11.3 Å². The molecule has 18 heteroatoms. The highest BCUT2D eigenvalue weighted by molar-refractivity contribution is 9.10. The van der Waals surface area contributed by atoms with E-state index in [0.29, 0.717) is 39.9 Å². The minimum atomic E-state index is -3.79. The zero-order chi connectivity index (χ0) is 41.2. The molecule has 4 aromatic heterocycles. The van der Waals surface area contributed by atoms with Crippen molar-refractivity contribution in [3.8, 4) is 34.9 Å². The first-order valence-electron chi connectivity index (χ1n) is 17.0. The number of nitrogens with zero attached hydrogens (tertiary/aromatic N) is 6. The molecule has 4 N–H and O–H groups in total. The minimum absolute atomic E-state index is 0.0324. The molecule has 0 saturated carbocycles. The average molecular weight is 937 g/mol. The van der Waals surface area contributed by atoms with E-state index in [-0.39, 0.29) is 15.4 Å². The van der Waals surface area contributed by atoms with Crippen LogP contribution >= 0.6 is 31.9 Å². The molecule has 0 aliphatic rings. The highest BCUT2D eigenvalue weighted by Crippen LogP contribution is 2.29. The topological polar surface area (TPSA) is 223 Å². The lowest BCUT2D eigenvalue weighted by Crippen LogP contribution is -2.13. The summed E-state index contributed by atoms with van der Waals surface area (Å²) in [7, 11) is -7.54. The van der Waals surface area contributed by atoms with Crippen molar-refractivity contribution in [1.82, 2.24) is 29.9 Å². The minimum Gasteiger partial charge on any atom is -0.336 e. The van der Waals surface area contributed by atoms with Crippen LogP contribution < -0.4 is 9.44 Å². The van der Waals surface area contributed by atoms with E-state index >= 15 is 0 Å². The fourth-order valence-corrected chi connectivity index (χ4v) is 8.41. The molecule has 0 amide bonds. The molecule has 0 saturated heterocycles. The highest BCUT2D eigenvalue weighted by Gasteiger charge is 2.17. The van der Waals surface area contributed by atoms with Gasteiger partial charge < -0.3 is 9.97 Å². The summed E-state index contributed by atoms with van der Waals surface area (Å²) >= 11 is 6.91. The number of anilines is 2. The number of rotatable bonds is 8. The Morgan fingerprint density at radius 2 is 1.03 bits per heavy atom. The van der Waals surface area contributed by atoms with Crippen LogP contribution in [-0.2, 0) is 20.0 Å². The van der Waals surface area contributed by atoms with Gasteiger partial charge in [0.1, 0.15) is 11.6 Å². The Bertz CT molecular complexity index is 3160. The highest BCUT2D eigenvalue weighted by atomic mass is 79.9.